The standard InChI is InChI=1S/C13H21NO3/c1-9(15)7-10-5-6-11(8-10)14-12(16)17-13(2,3)4/h7,11H,5-6,8H2,1-4H3,(H,14,16)/b10-7+. The average molecular weight is 239 g/mol. The summed E-state index contributed by atoms with van der Waals surface area (Å²) in [6.07, 6.45) is 3.78. The molecule has 1 N–H and O–H groups in total. The Bertz CT molecular complexity index is 339. The van der Waals surface area contributed by atoms with E-state index in [0.717, 1.165) is 24.8 Å². The molecule has 4 heteroatoms. The van der Waals surface area contributed by atoms with E-state index in [9.17, 15) is 9.59 Å². The molecule has 0 spiro atoms. The summed E-state index contributed by atoms with van der Waals surface area (Å²) in [6, 6.07) is 0.0930. The van der Waals surface area contributed by atoms with Crippen LogP contribution in [-0.2, 0) is 9.53 Å². The van der Waals surface area contributed by atoms with Gasteiger partial charge in [0.25, 0.3) is 0 Å². The van der Waals surface area contributed by atoms with Gasteiger partial charge in [-0.15, -0.1) is 0 Å². The summed E-state index contributed by atoms with van der Waals surface area (Å²) < 4.78 is 5.18. The third-order valence-corrected chi connectivity index (χ3v) is 2.45. The molecular formula is C13H21NO3. The predicted octanol–water partition coefficient (Wildman–Crippen LogP) is 2.58. The van der Waals surface area contributed by atoms with Crippen molar-refractivity contribution < 1.29 is 14.3 Å². The molecule has 0 saturated heterocycles. The fraction of sp³-hybridized carbons (Fsp3) is 0.692. The highest BCUT2D eigenvalue weighted by atomic mass is 16.6. The number of alkyl carbamates (subject to hydrolysis) is 1. The summed E-state index contributed by atoms with van der Waals surface area (Å²) in [5.41, 5.74) is 0.638. The first-order valence-corrected chi connectivity index (χ1v) is 5.96. The molecule has 0 aromatic carbocycles. The number of ketones is 1. The summed E-state index contributed by atoms with van der Waals surface area (Å²) in [7, 11) is 0. The van der Waals surface area contributed by atoms with Crippen molar-refractivity contribution >= 4 is 11.9 Å². The fourth-order valence-corrected chi connectivity index (χ4v) is 1.90. The normalized spacial score (nSPS) is 22.6. The maximum absolute atomic E-state index is 11.5. The van der Waals surface area contributed by atoms with Gasteiger partial charge in [0.15, 0.2) is 5.78 Å². The molecule has 1 aliphatic carbocycles. The Morgan fingerprint density at radius 2 is 2.06 bits per heavy atom. The molecule has 0 bridgehead atoms. The van der Waals surface area contributed by atoms with Crippen LogP contribution in [0.5, 0.6) is 0 Å². The molecule has 1 unspecified atom stereocenters. The second kappa shape index (κ2) is 5.34. The van der Waals surface area contributed by atoms with Gasteiger partial charge in [-0.2, -0.15) is 0 Å². The van der Waals surface area contributed by atoms with E-state index in [0.29, 0.717) is 0 Å². The number of nitrogens with one attached hydrogen (secondary N) is 1. The minimum absolute atomic E-state index is 0.0675. The maximum Gasteiger partial charge on any atom is 0.407 e. The lowest BCUT2D eigenvalue weighted by atomic mass is 10.2. The lowest BCUT2D eigenvalue weighted by Crippen LogP contribution is -2.37. The van der Waals surface area contributed by atoms with Crippen molar-refractivity contribution in [3.8, 4) is 0 Å². The van der Waals surface area contributed by atoms with E-state index in [1.54, 1.807) is 13.0 Å². The van der Waals surface area contributed by atoms with Gasteiger partial charge in [-0.25, -0.2) is 4.79 Å². The van der Waals surface area contributed by atoms with Crippen molar-refractivity contribution in [2.24, 2.45) is 0 Å². The molecule has 4 nitrogen and oxygen atoms in total. The molecule has 1 atom stereocenters. The van der Waals surface area contributed by atoms with Crippen LogP contribution in [0.1, 0.15) is 47.0 Å². The van der Waals surface area contributed by atoms with Crippen LogP contribution in [-0.4, -0.2) is 23.5 Å². The number of hydrogen-bond acceptors (Lipinski definition) is 3. The third-order valence-electron chi connectivity index (χ3n) is 2.45. The van der Waals surface area contributed by atoms with Crippen molar-refractivity contribution in [3.63, 3.8) is 0 Å². The van der Waals surface area contributed by atoms with Crippen LogP contribution in [0.4, 0.5) is 4.79 Å². The molecule has 96 valence electrons. The molecule has 0 aromatic rings. The van der Waals surface area contributed by atoms with Crippen LogP contribution in [0.2, 0.25) is 0 Å². The van der Waals surface area contributed by atoms with E-state index in [-0.39, 0.29) is 17.9 Å². The van der Waals surface area contributed by atoms with Crippen LogP contribution in [0.25, 0.3) is 0 Å². The van der Waals surface area contributed by atoms with Gasteiger partial charge < -0.3 is 10.1 Å². The Labute approximate surface area is 102 Å². The van der Waals surface area contributed by atoms with Crippen LogP contribution in [0, 0.1) is 0 Å². The maximum atomic E-state index is 11.5. The van der Waals surface area contributed by atoms with E-state index in [4.69, 9.17) is 4.74 Å². The summed E-state index contributed by atoms with van der Waals surface area (Å²) in [5.74, 6) is 0.0675. The Kier molecular flexibility index (Phi) is 4.32. The zero-order chi connectivity index (χ0) is 13.1. The summed E-state index contributed by atoms with van der Waals surface area (Å²) >= 11 is 0. The molecule has 1 amide bonds. The van der Waals surface area contributed by atoms with Crippen molar-refractivity contribution in [3.05, 3.63) is 11.6 Å². The average Bonchev–Trinajstić information content (AvgIpc) is 2.46. The first kappa shape index (κ1) is 13.7. The van der Waals surface area contributed by atoms with E-state index in [1.165, 1.54) is 0 Å². The minimum Gasteiger partial charge on any atom is -0.444 e. The van der Waals surface area contributed by atoms with E-state index in [1.807, 2.05) is 20.8 Å². The zero-order valence-corrected chi connectivity index (χ0v) is 11.0. The van der Waals surface area contributed by atoms with Gasteiger partial charge in [0.2, 0.25) is 0 Å². The van der Waals surface area contributed by atoms with Gasteiger partial charge in [0, 0.05) is 6.04 Å². The molecule has 0 radical (unpaired) electrons. The highest BCUT2D eigenvalue weighted by molar-refractivity contribution is 5.88. The Balaban J connectivity index is 2.40. The second-order valence-corrected chi connectivity index (χ2v) is 5.50. The molecule has 1 rings (SSSR count). The molecule has 0 aliphatic heterocycles. The van der Waals surface area contributed by atoms with Gasteiger partial charge in [-0.1, -0.05) is 5.57 Å². The van der Waals surface area contributed by atoms with Gasteiger partial charge in [-0.05, 0) is 53.0 Å². The van der Waals surface area contributed by atoms with Crippen molar-refractivity contribution in [2.75, 3.05) is 0 Å². The Morgan fingerprint density at radius 3 is 2.59 bits per heavy atom. The number of amides is 1. The molecule has 17 heavy (non-hydrogen) atoms. The highest BCUT2D eigenvalue weighted by Gasteiger charge is 2.24. The quantitative estimate of drug-likeness (QED) is 0.753. The van der Waals surface area contributed by atoms with Gasteiger partial charge in [-0.3, -0.25) is 4.79 Å². The van der Waals surface area contributed by atoms with Gasteiger partial charge >= 0.3 is 6.09 Å². The van der Waals surface area contributed by atoms with Crippen LogP contribution in [0.3, 0.4) is 0 Å². The molecule has 1 saturated carbocycles. The first-order chi connectivity index (χ1) is 7.76. The SMILES string of the molecule is CC(=O)/C=C1\CCC(NC(=O)OC(C)(C)C)C1. The van der Waals surface area contributed by atoms with Crippen molar-refractivity contribution in [1.82, 2.24) is 5.32 Å². The summed E-state index contributed by atoms with van der Waals surface area (Å²) in [6.45, 7) is 7.05. The number of rotatable bonds is 2. The summed E-state index contributed by atoms with van der Waals surface area (Å²) in [4.78, 5) is 22.5. The number of carbonyl (C=O) groups is 2. The largest absolute Gasteiger partial charge is 0.444 e. The van der Waals surface area contributed by atoms with E-state index < -0.39 is 5.60 Å². The molecule has 1 fully saturated rings. The number of hydrogen-bond donors (Lipinski definition) is 1. The topological polar surface area (TPSA) is 55.4 Å². The number of allylic oxidation sites excluding steroid dienone is 1. The molecule has 0 heterocycles. The zero-order valence-electron chi connectivity index (χ0n) is 11.0. The van der Waals surface area contributed by atoms with Crippen LogP contribution in [0.15, 0.2) is 11.6 Å². The number of carbonyl (C=O) groups excluding carboxylic acids is 2. The first-order valence-electron chi connectivity index (χ1n) is 5.96. The van der Waals surface area contributed by atoms with Crippen LogP contribution >= 0.6 is 0 Å². The van der Waals surface area contributed by atoms with Crippen molar-refractivity contribution in [1.29, 1.82) is 0 Å². The highest BCUT2D eigenvalue weighted by Crippen LogP contribution is 2.24. The molecular weight excluding hydrogens is 218 g/mol. The molecule has 0 aromatic heterocycles. The third kappa shape index (κ3) is 5.52. The van der Waals surface area contributed by atoms with Crippen LogP contribution < -0.4 is 5.32 Å². The molecule has 1 aliphatic rings. The minimum atomic E-state index is -0.471. The lowest BCUT2D eigenvalue weighted by Gasteiger charge is -2.21. The lowest BCUT2D eigenvalue weighted by molar-refractivity contribution is -0.112. The van der Waals surface area contributed by atoms with Crippen molar-refractivity contribution in [2.45, 2.75) is 58.6 Å². The fourth-order valence-electron chi connectivity index (χ4n) is 1.90. The Hall–Kier alpha value is -1.32. The predicted molar refractivity (Wildman–Crippen MR) is 65.8 cm³/mol. The van der Waals surface area contributed by atoms with E-state index >= 15 is 0 Å². The van der Waals surface area contributed by atoms with Gasteiger partial charge in [0.05, 0.1) is 0 Å². The Morgan fingerprint density at radius 1 is 1.41 bits per heavy atom. The van der Waals surface area contributed by atoms with Gasteiger partial charge in [0.1, 0.15) is 5.60 Å². The monoisotopic (exact) mass is 239 g/mol. The van der Waals surface area contributed by atoms with E-state index in [2.05, 4.69) is 5.32 Å². The smallest absolute Gasteiger partial charge is 0.407 e. The second-order valence-electron chi connectivity index (χ2n) is 5.50. The summed E-state index contributed by atoms with van der Waals surface area (Å²) in [5, 5.41) is 2.83. The number of ether oxygens (including phenoxy) is 1.